The highest BCUT2D eigenvalue weighted by Gasteiger charge is 2.59. The van der Waals surface area contributed by atoms with Crippen LogP contribution >= 0.6 is 23.2 Å². The normalized spacial score (nSPS) is 21.8. The van der Waals surface area contributed by atoms with Crippen LogP contribution in [0, 0.1) is 5.92 Å². The predicted molar refractivity (Wildman–Crippen MR) is 92.8 cm³/mol. The fourth-order valence-electron chi connectivity index (χ4n) is 2.97. The molecule has 0 saturated carbocycles. The monoisotopic (exact) mass is 397 g/mol. The van der Waals surface area contributed by atoms with Crippen LogP contribution in [0.25, 0.3) is 0 Å². The molecule has 2 atom stereocenters. The van der Waals surface area contributed by atoms with Crippen molar-refractivity contribution in [2.24, 2.45) is 11.0 Å². The highest BCUT2D eigenvalue weighted by molar-refractivity contribution is 6.47. The fourth-order valence-corrected chi connectivity index (χ4v) is 3.49. The van der Waals surface area contributed by atoms with Crippen molar-refractivity contribution in [2.75, 3.05) is 11.5 Å². The van der Waals surface area contributed by atoms with Gasteiger partial charge in [0.15, 0.2) is 11.8 Å². The number of rotatable bonds is 3. The zero-order valence-corrected chi connectivity index (χ0v) is 15.2. The molecule has 0 radical (unpaired) electrons. The van der Waals surface area contributed by atoms with E-state index in [9.17, 15) is 19.2 Å². The van der Waals surface area contributed by atoms with Crippen molar-refractivity contribution in [1.29, 1.82) is 0 Å². The van der Waals surface area contributed by atoms with Gasteiger partial charge in [-0.1, -0.05) is 23.2 Å². The Bertz CT molecular complexity index is 849. The van der Waals surface area contributed by atoms with Gasteiger partial charge in [-0.15, -0.1) is 0 Å². The number of halogens is 2. The van der Waals surface area contributed by atoms with E-state index < -0.39 is 35.7 Å². The fraction of sp³-hybridized carbons (Fsp3) is 0.312. The van der Waals surface area contributed by atoms with Crippen LogP contribution in [0.2, 0.25) is 10.0 Å². The number of carbonyl (C=O) groups excluding carboxylic acids is 4. The number of amides is 3. The Labute approximate surface area is 158 Å². The zero-order chi connectivity index (χ0) is 19.2. The first-order valence-corrected chi connectivity index (χ1v) is 8.41. The minimum Gasteiger partial charge on any atom is -0.461 e. The maximum Gasteiger partial charge on any atom is 0.355 e. The maximum absolute atomic E-state index is 12.9. The van der Waals surface area contributed by atoms with Gasteiger partial charge in [0.05, 0.1) is 12.3 Å². The molecular weight excluding hydrogens is 385 g/mol. The lowest BCUT2D eigenvalue weighted by atomic mass is 9.98. The van der Waals surface area contributed by atoms with Crippen molar-refractivity contribution < 1.29 is 23.9 Å². The van der Waals surface area contributed by atoms with Gasteiger partial charge in [0.1, 0.15) is 5.92 Å². The smallest absolute Gasteiger partial charge is 0.355 e. The van der Waals surface area contributed by atoms with Crippen LogP contribution in [0.15, 0.2) is 23.3 Å². The molecule has 1 aromatic rings. The van der Waals surface area contributed by atoms with Crippen molar-refractivity contribution in [1.82, 2.24) is 5.01 Å². The molecule has 26 heavy (non-hydrogen) atoms. The van der Waals surface area contributed by atoms with Crippen LogP contribution in [0.4, 0.5) is 5.69 Å². The Morgan fingerprint density at radius 3 is 2.31 bits per heavy atom. The highest BCUT2D eigenvalue weighted by Crippen LogP contribution is 2.37. The summed E-state index contributed by atoms with van der Waals surface area (Å²) in [5, 5.41) is 5.16. The number of hydrazone groups is 1. The van der Waals surface area contributed by atoms with Gasteiger partial charge in [-0.3, -0.25) is 14.4 Å². The van der Waals surface area contributed by atoms with Crippen molar-refractivity contribution in [3.05, 3.63) is 28.2 Å². The number of carbonyl (C=O) groups is 4. The molecule has 0 aromatic heterocycles. The average molecular weight is 398 g/mol. The number of benzene rings is 1. The molecule has 0 N–H and O–H groups in total. The number of nitrogens with zero attached hydrogens (tertiary/aromatic N) is 3. The van der Waals surface area contributed by atoms with Crippen LogP contribution in [0.5, 0.6) is 0 Å². The van der Waals surface area contributed by atoms with Crippen LogP contribution in [-0.4, -0.2) is 47.1 Å². The maximum atomic E-state index is 12.9. The van der Waals surface area contributed by atoms with Gasteiger partial charge in [0, 0.05) is 17.0 Å². The molecule has 0 bridgehead atoms. The second-order valence-corrected chi connectivity index (χ2v) is 6.50. The van der Waals surface area contributed by atoms with Crippen LogP contribution in [-0.2, 0) is 23.9 Å². The van der Waals surface area contributed by atoms with Crippen molar-refractivity contribution in [3.63, 3.8) is 0 Å². The molecule has 1 aromatic carbocycles. The number of ether oxygens (including phenoxy) is 1. The molecule has 2 aliphatic heterocycles. The topological polar surface area (TPSA) is 96.3 Å². The summed E-state index contributed by atoms with van der Waals surface area (Å²) in [5.74, 6) is -4.06. The summed E-state index contributed by atoms with van der Waals surface area (Å²) in [7, 11) is 0. The van der Waals surface area contributed by atoms with E-state index in [2.05, 4.69) is 5.10 Å². The van der Waals surface area contributed by atoms with E-state index in [1.165, 1.54) is 25.1 Å². The van der Waals surface area contributed by atoms with Crippen molar-refractivity contribution in [2.45, 2.75) is 19.9 Å². The third-order valence-electron chi connectivity index (χ3n) is 3.96. The number of anilines is 1. The van der Waals surface area contributed by atoms with Crippen molar-refractivity contribution in [3.8, 4) is 0 Å². The molecule has 10 heteroatoms. The number of hydrogen-bond acceptors (Lipinski definition) is 6. The molecular formula is C16H13Cl2N3O5. The molecule has 0 spiro atoms. The Morgan fingerprint density at radius 2 is 1.77 bits per heavy atom. The second kappa shape index (κ2) is 6.69. The molecule has 3 rings (SSSR count). The molecule has 2 aliphatic rings. The summed E-state index contributed by atoms with van der Waals surface area (Å²) in [5.41, 5.74) is -0.125. The predicted octanol–water partition coefficient (Wildman–Crippen LogP) is 1.63. The van der Waals surface area contributed by atoms with Gasteiger partial charge in [-0.05, 0) is 25.1 Å². The zero-order valence-electron chi connectivity index (χ0n) is 13.7. The molecule has 136 valence electrons. The first-order chi connectivity index (χ1) is 12.3. The summed E-state index contributed by atoms with van der Waals surface area (Å²) < 4.78 is 4.89. The minimum absolute atomic E-state index is 0.0606. The number of hydrogen-bond donors (Lipinski definition) is 0. The number of fused-ring (bicyclic) bond motifs is 1. The summed E-state index contributed by atoms with van der Waals surface area (Å²) in [6.45, 7) is 2.84. The minimum atomic E-state index is -1.24. The molecule has 1 fully saturated rings. The van der Waals surface area contributed by atoms with Crippen LogP contribution < -0.4 is 4.90 Å². The summed E-state index contributed by atoms with van der Waals surface area (Å²) in [6.07, 6.45) is 0. The lowest BCUT2D eigenvalue weighted by Crippen LogP contribution is -2.41. The van der Waals surface area contributed by atoms with E-state index in [4.69, 9.17) is 27.9 Å². The largest absolute Gasteiger partial charge is 0.461 e. The Hall–Kier alpha value is -2.45. The van der Waals surface area contributed by atoms with Crippen LogP contribution in [0.3, 0.4) is 0 Å². The van der Waals surface area contributed by atoms with Gasteiger partial charge in [-0.25, -0.2) is 14.7 Å². The SMILES string of the molecule is CCOC(=O)C1=NN(C(C)=O)[C@@H]2C(=O)N(c3cc(Cl)cc(Cl)c3)C(=O)[C@H]12. The molecule has 0 aliphatic carbocycles. The van der Waals surface area contributed by atoms with E-state index >= 15 is 0 Å². The third kappa shape index (κ3) is 2.85. The molecule has 0 unspecified atom stereocenters. The summed E-state index contributed by atoms with van der Waals surface area (Å²) in [6, 6.07) is 3.00. The lowest BCUT2D eigenvalue weighted by molar-refractivity contribution is -0.136. The summed E-state index contributed by atoms with van der Waals surface area (Å²) >= 11 is 11.9. The highest BCUT2D eigenvalue weighted by atomic mass is 35.5. The lowest BCUT2D eigenvalue weighted by Gasteiger charge is -2.19. The van der Waals surface area contributed by atoms with E-state index in [1.54, 1.807) is 6.92 Å². The standard InChI is InChI=1S/C16H13Cl2N3O5/c1-3-26-16(25)12-11-13(21(19-12)7(2)22)15(24)20(14(11)23)10-5-8(17)4-9(18)6-10/h4-6,11,13H,3H2,1-2H3/t11-,13+/m1/s1. The van der Waals surface area contributed by atoms with Gasteiger partial charge < -0.3 is 4.74 Å². The molecule has 3 amide bonds. The molecule has 8 nitrogen and oxygen atoms in total. The van der Waals surface area contributed by atoms with Gasteiger partial charge in [0.2, 0.25) is 11.8 Å². The average Bonchev–Trinajstić information content (AvgIpc) is 3.04. The van der Waals surface area contributed by atoms with Crippen LogP contribution in [0.1, 0.15) is 13.8 Å². The quantitative estimate of drug-likeness (QED) is 0.570. The van der Waals surface area contributed by atoms with Gasteiger partial charge in [0.25, 0.3) is 5.91 Å². The third-order valence-corrected chi connectivity index (χ3v) is 4.40. The van der Waals surface area contributed by atoms with E-state index in [1.807, 2.05) is 0 Å². The number of esters is 1. The van der Waals surface area contributed by atoms with Gasteiger partial charge >= 0.3 is 5.97 Å². The Morgan fingerprint density at radius 1 is 1.15 bits per heavy atom. The first-order valence-electron chi connectivity index (χ1n) is 7.65. The number of imide groups is 1. The first kappa shape index (κ1) is 18.3. The molecule has 2 heterocycles. The van der Waals surface area contributed by atoms with E-state index in [0.29, 0.717) is 0 Å². The van der Waals surface area contributed by atoms with Gasteiger partial charge in [-0.2, -0.15) is 5.10 Å². The summed E-state index contributed by atoms with van der Waals surface area (Å²) in [4.78, 5) is 50.6. The van der Waals surface area contributed by atoms with E-state index in [0.717, 1.165) is 9.91 Å². The Balaban J connectivity index is 2.06. The Kier molecular flexibility index (Phi) is 4.72. The van der Waals surface area contributed by atoms with Crippen molar-refractivity contribution >= 4 is 58.3 Å². The second-order valence-electron chi connectivity index (χ2n) is 5.63. The van der Waals surface area contributed by atoms with E-state index in [-0.39, 0.29) is 28.1 Å². The molecule has 1 saturated heterocycles.